The Morgan fingerprint density at radius 2 is 1.93 bits per heavy atom. The molecule has 6 nitrogen and oxygen atoms in total. The van der Waals surface area contributed by atoms with E-state index in [2.05, 4.69) is 20.4 Å². The van der Waals surface area contributed by atoms with Crippen molar-refractivity contribution >= 4 is 16.8 Å². The molecule has 0 unspecified atom stereocenters. The van der Waals surface area contributed by atoms with E-state index in [1.807, 2.05) is 24.3 Å². The van der Waals surface area contributed by atoms with Crippen molar-refractivity contribution in [2.75, 3.05) is 6.54 Å². The number of carbonyl (C=O) groups is 1. The SMILES string of the molecule is Cc1noc(CCCNC(=O)CCc2c(-c3ccc(F)cc3)[nH]c3ccccc23)n1. The Hall–Kier alpha value is -3.48. The fourth-order valence-corrected chi connectivity index (χ4v) is 3.56. The third-order valence-electron chi connectivity index (χ3n) is 5.01. The van der Waals surface area contributed by atoms with Gasteiger partial charge in [-0.15, -0.1) is 0 Å². The third-order valence-corrected chi connectivity index (χ3v) is 5.01. The molecule has 0 spiro atoms. The van der Waals surface area contributed by atoms with Gasteiger partial charge in [0.2, 0.25) is 11.8 Å². The number of para-hydroxylation sites is 1. The van der Waals surface area contributed by atoms with Crippen molar-refractivity contribution in [3.8, 4) is 11.3 Å². The molecule has 4 aromatic rings. The number of nitrogens with zero attached hydrogens (tertiary/aromatic N) is 2. The van der Waals surface area contributed by atoms with E-state index in [-0.39, 0.29) is 11.7 Å². The van der Waals surface area contributed by atoms with Crippen LogP contribution in [0.4, 0.5) is 4.39 Å². The van der Waals surface area contributed by atoms with Crippen molar-refractivity contribution in [2.24, 2.45) is 0 Å². The van der Waals surface area contributed by atoms with E-state index in [0.717, 1.165) is 34.1 Å². The average molecular weight is 406 g/mol. The number of hydrogen-bond donors (Lipinski definition) is 2. The van der Waals surface area contributed by atoms with Gasteiger partial charge in [-0.1, -0.05) is 23.4 Å². The lowest BCUT2D eigenvalue weighted by atomic mass is 10.0. The molecule has 2 heterocycles. The van der Waals surface area contributed by atoms with Crippen molar-refractivity contribution in [3.63, 3.8) is 0 Å². The first kappa shape index (κ1) is 19.8. The summed E-state index contributed by atoms with van der Waals surface area (Å²) in [6.07, 6.45) is 2.33. The van der Waals surface area contributed by atoms with Gasteiger partial charge in [-0.25, -0.2) is 4.39 Å². The molecular weight excluding hydrogens is 383 g/mol. The highest BCUT2D eigenvalue weighted by Crippen LogP contribution is 2.31. The van der Waals surface area contributed by atoms with E-state index >= 15 is 0 Å². The lowest BCUT2D eigenvalue weighted by Gasteiger charge is -2.07. The number of amides is 1. The largest absolute Gasteiger partial charge is 0.356 e. The minimum Gasteiger partial charge on any atom is -0.356 e. The minimum atomic E-state index is -0.272. The number of aromatic amines is 1. The van der Waals surface area contributed by atoms with Crippen molar-refractivity contribution in [3.05, 3.63) is 71.6 Å². The zero-order chi connectivity index (χ0) is 20.9. The smallest absolute Gasteiger partial charge is 0.226 e. The molecule has 0 atom stereocenters. The highest BCUT2D eigenvalue weighted by molar-refractivity contribution is 5.91. The zero-order valence-electron chi connectivity index (χ0n) is 16.7. The first-order chi connectivity index (χ1) is 14.6. The third kappa shape index (κ3) is 4.56. The van der Waals surface area contributed by atoms with Gasteiger partial charge < -0.3 is 14.8 Å². The Labute approximate surface area is 173 Å². The maximum atomic E-state index is 13.3. The van der Waals surface area contributed by atoms with E-state index < -0.39 is 0 Å². The molecule has 1 amide bonds. The highest BCUT2D eigenvalue weighted by Gasteiger charge is 2.14. The first-order valence-corrected chi connectivity index (χ1v) is 10.0. The normalized spacial score (nSPS) is 11.1. The highest BCUT2D eigenvalue weighted by atomic mass is 19.1. The number of nitrogens with one attached hydrogen (secondary N) is 2. The van der Waals surface area contributed by atoms with Gasteiger partial charge in [0.1, 0.15) is 5.82 Å². The number of halogens is 1. The molecule has 154 valence electrons. The van der Waals surface area contributed by atoms with E-state index in [4.69, 9.17) is 4.52 Å². The molecule has 0 bridgehead atoms. The number of fused-ring (bicyclic) bond motifs is 1. The molecule has 0 saturated heterocycles. The van der Waals surface area contributed by atoms with Gasteiger partial charge in [-0.2, -0.15) is 4.98 Å². The van der Waals surface area contributed by atoms with Crippen molar-refractivity contribution in [1.29, 1.82) is 0 Å². The summed E-state index contributed by atoms with van der Waals surface area (Å²) in [6.45, 7) is 2.33. The number of aromatic nitrogens is 3. The quantitative estimate of drug-likeness (QED) is 0.426. The van der Waals surface area contributed by atoms with Crippen LogP contribution in [-0.4, -0.2) is 27.6 Å². The fourth-order valence-electron chi connectivity index (χ4n) is 3.56. The molecular formula is C23H23FN4O2. The Bertz CT molecular complexity index is 1150. The van der Waals surface area contributed by atoms with Gasteiger partial charge in [0.15, 0.2) is 5.82 Å². The van der Waals surface area contributed by atoms with Crippen LogP contribution in [0.3, 0.4) is 0 Å². The predicted molar refractivity (Wildman–Crippen MR) is 112 cm³/mol. The monoisotopic (exact) mass is 406 g/mol. The van der Waals surface area contributed by atoms with Crippen molar-refractivity contribution < 1.29 is 13.7 Å². The van der Waals surface area contributed by atoms with Crippen LogP contribution in [0.15, 0.2) is 53.1 Å². The minimum absolute atomic E-state index is 0.00736. The lowest BCUT2D eigenvalue weighted by molar-refractivity contribution is -0.121. The second kappa shape index (κ2) is 8.90. The summed E-state index contributed by atoms with van der Waals surface area (Å²) in [5.41, 5.74) is 3.89. The standard InChI is InChI=1S/C23H23FN4O2/c1-15-26-22(30-28-15)7-4-14-25-21(29)13-12-19-18-5-2-3-6-20(18)27-23(19)16-8-10-17(24)11-9-16/h2-3,5-6,8-11,27H,4,7,12-14H2,1H3,(H,25,29). The lowest BCUT2D eigenvalue weighted by Crippen LogP contribution is -2.25. The van der Waals surface area contributed by atoms with Crippen LogP contribution in [0.2, 0.25) is 0 Å². The number of benzene rings is 2. The van der Waals surface area contributed by atoms with Crippen LogP contribution in [0, 0.1) is 12.7 Å². The van der Waals surface area contributed by atoms with Crippen molar-refractivity contribution in [2.45, 2.75) is 32.6 Å². The molecule has 2 N–H and O–H groups in total. The van der Waals surface area contributed by atoms with Gasteiger partial charge in [0.25, 0.3) is 0 Å². The topological polar surface area (TPSA) is 83.8 Å². The average Bonchev–Trinajstić information content (AvgIpc) is 3.33. The molecule has 4 rings (SSSR count). The number of aryl methyl sites for hydroxylation is 3. The molecule has 0 radical (unpaired) electrons. The summed E-state index contributed by atoms with van der Waals surface area (Å²) >= 11 is 0. The predicted octanol–water partition coefficient (Wildman–Crippen LogP) is 4.35. The molecule has 0 saturated carbocycles. The molecule has 0 aliphatic carbocycles. The van der Waals surface area contributed by atoms with E-state index in [0.29, 0.717) is 37.5 Å². The Morgan fingerprint density at radius 1 is 1.13 bits per heavy atom. The van der Waals surface area contributed by atoms with Crippen LogP contribution >= 0.6 is 0 Å². The van der Waals surface area contributed by atoms with Crippen LogP contribution in [-0.2, 0) is 17.6 Å². The van der Waals surface area contributed by atoms with Crippen LogP contribution in [0.5, 0.6) is 0 Å². The molecule has 2 aromatic heterocycles. The van der Waals surface area contributed by atoms with Gasteiger partial charge in [-0.3, -0.25) is 4.79 Å². The van der Waals surface area contributed by atoms with E-state index in [1.165, 1.54) is 12.1 Å². The number of H-pyrrole nitrogens is 1. The summed E-state index contributed by atoms with van der Waals surface area (Å²) in [5, 5.41) is 7.78. The van der Waals surface area contributed by atoms with Crippen molar-refractivity contribution in [1.82, 2.24) is 20.4 Å². The maximum absolute atomic E-state index is 13.3. The maximum Gasteiger partial charge on any atom is 0.226 e. The number of hydrogen-bond acceptors (Lipinski definition) is 4. The van der Waals surface area contributed by atoms with E-state index in [1.54, 1.807) is 19.1 Å². The zero-order valence-corrected chi connectivity index (χ0v) is 16.7. The first-order valence-electron chi connectivity index (χ1n) is 10.0. The molecule has 0 fully saturated rings. The van der Waals surface area contributed by atoms with Crippen LogP contribution in [0.1, 0.15) is 30.1 Å². The molecule has 0 aliphatic rings. The number of rotatable bonds is 8. The second-order valence-corrected chi connectivity index (χ2v) is 7.22. The number of carbonyl (C=O) groups excluding carboxylic acids is 1. The van der Waals surface area contributed by atoms with Crippen LogP contribution < -0.4 is 5.32 Å². The Morgan fingerprint density at radius 3 is 2.70 bits per heavy atom. The Kier molecular flexibility index (Phi) is 5.88. The molecule has 7 heteroatoms. The summed E-state index contributed by atoms with van der Waals surface area (Å²) in [7, 11) is 0. The summed E-state index contributed by atoms with van der Waals surface area (Å²) in [6, 6.07) is 14.4. The summed E-state index contributed by atoms with van der Waals surface area (Å²) in [4.78, 5) is 19.9. The summed E-state index contributed by atoms with van der Waals surface area (Å²) in [5.74, 6) is 0.924. The summed E-state index contributed by atoms with van der Waals surface area (Å²) < 4.78 is 18.4. The van der Waals surface area contributed by atoms with Gasteiger partial charge in [-0.05, 0) is 61.2 Å². The van der Waals surface area contributed by atoms with E-state index in [9.17, 15) is 9.18 Å². The van der Waals surface area contributed by atoms with Gasteiger partial charge in [0, 0.05) is 36.0 Å². The molecule has 2 aromatic carbocycles. The molecule has 30 heavy (non-hydrogen) atoms. The fraction of sp³-hybridized carbons (Fsp3) is 0.261. The Balaban J connectivity index is 1.39. The second-order valence-electron chi connectivity index (χ2n) is 7.22. The molecule has 0 aliphatic heterocycles. The van der Waals surface area contributed by atoms with Gasteiger partial charge in [0.05, 0.1) is 0 Å². The van der Waals surface area contributed by atoms with Crippen LogP contribution in [0.25, 0.3) is 22.2 Å². The van der Waals surface area contributed by atoms with Gasteiger partial charge >= 0.3 is 0 Å².